The van der Waals surface area contributed by atoms with Gasteiger partial charge in [-0.05, 0) is 12.1 Å². The summed E-state index contributed by atoms with van der Waals surface area (Å²) in [4.78, 5) is 17.1. The Morgan fingerprint density at radius 1 is 1.67 bits per heavy atom. The predicted octanol–water partition coefficient (Wildman–Crippen LogP) is 1.35. The van der Waals surface area contributed by atoms with Crippen LogP contribution in [-0.4, -0.2) is 40.2 Å². The summed E-state index contributed by atoms with van der Waals surface area (Å²) in [5.74, 6) is 1.73. The van der Waals surface area contributed by atoms with Crippen LogP contribution < -0.4 is 4.90 Å². The number of carbonyl (C=O) groups is 1. The summed E-state index contributed by atoms with van der Waals surface area (Å²) in [7, 11) is 0. The van der Waals surface area contributed by atoms with Crippen molar-refractivity contribution in [2.24, 2.45) is 0 Å². The largest absolute Gasteiger partial charge is 0.481 e. The predicted molar refractivity (Wildman–Crippen MR) is 69.7 cm³/mol. The van der Waals surface area contributed by atoms with E-state index in [0.717, 1.165) is 23.9 Å². The van der Waals surface area contributed by atoms with E-state index in [1.807, 2.05) is 11.0 Å². The highest BCUT2D eigenvalue weighted by Crippen LogP contribution is 2.24. The molecule has 1 saturated heterocycles. The standard InChI is InChI=1S/C12H13N3O2S/c13-6-9-1-2-11(14-7-9)15-3-4-18-8-10(15)5-12(16)17/h1-2,7,10H,3-5,8H2,(H,16,17). The van der Waals surface area contributed by atoms with Gasteiger partial charge in [0.05, 0.1) is 12.0 Å². The Bertz CT molecular complexity index is 469. The maximum absolute atomic E-state index is 10.8. The Balaban J connectivity index is 2.17. The van der Waals surface area contributed by atoms with E-state index in [-0.39, 0.29) is 12.5 Å². The van der Waals surface area contributed by atoms with Gasteiger partial charge in [0.15, 0.2) is 0 Å². The van der Waals surface area contributed by atoms with E-state index in [1.54, 1.807) is 23.9 Å². The normalized spacial score (nSPS) is 19.3. The van der Waals surface area contributed by atoms with Gasteiger partial charge in [0.2, 0.25) is 0 Å². The summed E-state index contributed by atoms with van der Waals surface area (Å²) in [5, 5.41) is 17.6. The summed E-state index contributed by atoms with van der Waals surface area (Å²) in [6, 6.07) is 5.49. The van der Waals surface area contributed by atoms with E-state index in [4.69, 9.17) is 10.4 Å². The van der Waals surface area contributed by atoms with Crippen LogP contribution in [0.25, 0.3) is 0 Å². The molecule has 1 aliphatic rings. The molecular weight excluding hydrogens is 250 g/mol. The van der Waals surface area contributed by atoms with Gasteiger partial charge < -0.3 is 10.0 Å². The van der Waals surface area contributed by atoms with E-state index in [2.05, 4.69) is 4.98 Å². The van der Waals surface area contributed by atoms with Crippen LogP contribution in [0.15, 0.2) is 18.3 Å². The van der Waals surface area contributed by atoms with Crippen molar-refractivity contribution in [2.75, 3.05) is 23.0 Å². The summed E-state index contributed by atoms with van der Waals surface area (Å²) >= 11 is 1.77. The molecule has 94 valence electrons. The summed E-state index contributed by atoms with van der Waals surface area (Å²) in [5.41, 5.74) is 0.514. The first kappa shape index (κ1) is 12.7. The molecule has 1 aliphatic heterocycles. The third-order valence-corrected chi connectivity index (χ3v) is 3.90. The number of carboxylic acids is 1. The van der Waals surface area contributed by atoms with Gasteiger partial charge in [-0.15, -0.1) is 0 Å². The molecule has 1 aromatic rings. The molecular formula is C12H13N3O2S. The Kier molecular flexibility index (Phi) is 4.05. The second-order valence-electron chi connectivity index (χ2n) is 4.04. The smallest absolute Gasteiger partial charge is 0.305 e. The topological polar surface area (TPSA) is 77.2 Å². The van der Waals surface area contributed by atoms with Gasteiger partial charge in [0.25, 0.3) is 0 Å². The lowest BCUT2D eigenvalue weighted by Crippen LogP contribution is -2.44. The van der Waals surface area contributed by atoms with Crippen LogP contribution in [0.4, 0.5) is 5.82 Å². The SMILES string of the molecule is N#Cc1ccc(N2CCSCC2CC(=O)O)nc1. The first-order valence-electron chi connectivity index (χ1n) is 5.63. The molecule has 0 radical (unpaired) electrons. The van der Waals surface area contributed by atoms with Crippen molar-refractivity contribution in [1.29, 1.82) is 5.26 Å². The molecule has 0 aliphatic carbocycles. The Morgan fingerprint density at radius 3 is 3.11 bits per heavy atom. The molecule has 1 unspecified atom stereocenters. The zero-order chi connectivity index (χ0) is 13.0. The average molecular weight is 263 g/mol. The minimum absolute atomic E-state index is 0.0262. The number of hydrogen-bond acceptors (Lipinski definition) is 5. The molecule has 2 rings (SSSR count). The molecule has 0 bridgehead atoms. The number of aliphatic carboxylic acids is 1. The van der Waals surface area contributed by atoms with Crippen molar-refractivity contribution in [3.05, 3.63) is 23.9 Å². The molecule has 1 fully saturated rings. The highest BCUT2D eigenvalue weighted by Gasteiger charge is 2.25. The number of nitrogens with zero attached hydrogens (tertiary/aromatic N) is 3. The lowest BCUT2D eigenvalue weighted by Gasteiger charge is -2.35. The molecule has 0 spiro atoms. The zero-order valence-electron chi connectivity index (χ0n) is 9.74. The molecule has 5 nitrogen and oxygen atoms in total. The first-order valence-corrected chi connectivity index (χ1v) is 6.78. The number of anilines is 1. The molecule has 0 aromatic carbocycles. The van der Waals surface area contributed by atoms with Crippen LogP contribution in [-0.2, 0) is 4.79 Å². The van der Waals surface area contributed by atoms with Gasteiger partial charge >= 0.3 is 5.97 Å². The molecule has 0 saturated carbocycles. The highest BCUT2D eigenvalue weighted by molar-refractivity contribution is 7.99. The second kappa shape index (κ2) is 5.74. The molecule has 6 heteroatoms. The quantitative estimate of drug-likeness (QED) is 0.887. The van der Waals surface area contributed by atoms with Crippen molar-refractivity contribution in [3.8, 4) is 6.07 Å². The third-order valence-electron chi connectivity index (χ3n) is 2.81. The van der Waals surface area contributed by atoms with Crippen LogP contribution in [0.2, 0.25) is 0 Å². The van der Waals surface area contributed by atoms with E-state index in [1.165, 1.54) is 6.20 Å². The fourth-order valence-electron chi connectivity index (χ4n) is 1.95. The number of aromatic nitrogens is 1. The molecule has 1 aromatic heterocycles. The molecule has 1 N–H and O–H groups in total. The van der Waals surface area contributed by atoms with Crippen molar-refractivity contribution in [2.45, 2.75) is 12.5 Å². The van der Waals surface area contributed by atoms with Crippen molar-refractivity contribution in [1.82, 2.24) is 4.98 Å². The fourth-order valence-corrected chi connectivity index (χ4v) is 3.01. The fraction of sp³-hybridized carbons (Fsp3) is 0.417. The Hall–Kier alpha value is -1.74. The van der Waals surface area contributed by atoms with Crippen molar-refractivity contribution < 1.29 is 9.90 Å². The van der Waals surface area contributed by atoms with E-state index < -0.39 is 5.97 Å². The maximum atomic E-state index is 10.8. The van der Waals surface area contributed by atoms with Crippen LogP contribution in [0.5, 0.6) is 0 Å². The van der Waals surface area contributed by atoms with Gasteiger partial charge in [0, 0.05) is 30.3 Å². The van der Waals surface area contributed by atoms with Gasteiger partial charge in [-0.25, -0.2) is 4.98 Å². The van der Waals surface area contributed by atoms with Gasteiger partial charge in [-0.3, -0.25) is 4.79 Å². The zero-order valence-corrected chi connectivity index (χ0v) is 10.6. The second-order valence-corrected chi connectivity index (χ2v) is 5.19. The summed E-state index contributed by atoms with van der Waals surface area (Å²) in [6.07, 6.45) is 1.64. The number of carboxylic acid groups (broad SMARTS) is 1. The number of rotatable bonds is 3. The van der Waals surface area contributed by atoms with E-state index in [0.29, 0.717) is 5.56 Å². The molecule has 0 amide bonds. The Morgan fingerprint density at radius 2 is 2.50 bits per heavy atom. The van der Waals surface area contributed by atoms with Gasteiger partial charge in [-0.2, -0.15) is 17.0 Å². The monoisotopic (exact) mass is 263 g/mol. The molecule has 18 heavy (non-hydrogen) atoms. The first-order chi connectivity index (χ1) is 8.70. The van der Waals surface area contributed by atoms with Crippen molar-refractivity contribution in [3.63, 3.8) is 0 Å². The number of pyridine rings is 1. The van der Waals surface area contributed by atoms with Crippen LogP contribution >= 0.6 is 11.8 Å². The maximum Gasteiger partial charge on any atom is 0.305 e. The van der Waals surface area contributed by atoms with E-state index in [9.17, 15) is 4.79 Å². The number of nitriles is 1. The van der Waals surface area contributed by atoms with Crippen molar-refractivity contribution >= 4 is 23.5 Å². The van der Waals surface area contributed by atoms with Gasteiger partial charge in [-0.1, -0.05) is 0 Å². The molecule has 1 atom stereocenters. The number of thioether (sulfide) groups is 1. The average Bonchev–Trinajstić information content (AvgIpc) is 2.39. The number of hydrogen-bond donors (Lipinski definition) is 1. The highest BCUT2D eigenvalue weighted by atomic mass is 32.2. The lowest BCUT2D eigenvalue weighted by molar-refractivity contribution is -0.137. The minimum Gasteiger partial charge on any atom is -0.481 e. The van der Waals surface area contributed by atoms with E-state index >= 15 is 0 Å². The summed E-state index contributed by atoms with van der Waals surface area (Å²) < 4.78 is 0. The Labute approximate surface area is 109 Å². The summed E-state index contributed by atoms with van der Waals surface area (Å²) in [6.45, 7) is 0.793. The lowest BCUT2D eigenvalue weighted by atomic mass is 10.2. The minimum atomic E-state index is -0.791. The molecule has 2 heterocycles. The van der Waals surface area contributed by atoms with Crippen LogP contribution in [0.1, 0.15) is 12.0 Å². The third kappa shape index (κ3) is 2.93. The van der Waals surface area contributed by atoms with Gasteiger partial charge in [0.1, 0.15) is 11.9 Å². The van der Waals surface area contributed by atoms with Crippen LogP contribution in [0.3, 0.4) is 0 Å². The van der Waals surface area contributed by atoms with Crippen LogP contribution in [0, 0.1) is 11.3 Å².